The Bertz CT molecular complexity index is 764. The number of hydrogen-bond acceptors (Lipinski definition) is 6. The zero-order valence-electron chi connectivity index (χ0n) is 16.3. The number of aromatic hydroxyl groups is 1. The molecule has 0 fully saturated rings. The number of aliphatic carboxylic acids is 1. The molecule has 0 aliphatic carbocycles. The summed E-state index contributed by atoms with van der Waals surface area (Å²) in [6.45, 7) is 5.57. The minimum atomic E-state index is -1.43. The van der Waals surface area contributed by atoms with Crippen molar-refractivity contribution in [1.29, 1.82) is 0 Å². The predicted octanol–water partition coefficient (Wildman–Crippen LogP) is -1.14. The second-order valence-corrected chi connectivity index (χ2v) is 7.45. The summed E-state index contributed by atoms with van der Waals surface area (Å²) in [6, 6.07) is 0.710. The highest BCUT2D eigenvalue weighted by Gasteiger charge is 2.30. The molecule has 154 valence electrons. The van der Waals surface area contributed by atoms with E-state index in [0.29, 0.717) is 17.5 Å². The molecule has 0 radical (unpaired) electrons. The summed E-state index contributed by atoms with van der Waals surface area (Å²) in [6.07, 6.45) is 0.467. The predicted molar refractivity (Wildman–Crippen MR) is 97.2 cm³/mol. The van der Waals surface area contributed by atoms with Crippen LogP contribution in [0.25, 0.3) is 0 Å². The Kier molecular flexibility index (Phi) is 6.85. The van der Waals surface area contributed by atoms with Gasteiger partial charge >= 0.3 is 0 Å². The van der Waals surface area contributed by atoms with E-state index in [9.17, 15) is 24.6 Å². The number of phenols is 1. The van der Waals surface area contributed by atoms with Crippen LogP contribution in [0.3, 0.4) is 0 Å². The fraction of sp³-hybridized carbons (Fsp3) is 0.526. The summed E-state index contributed by atoms with van der Waals surface area (Å²) in [5.74, 6) is -1.86. The summed E-state index contributed by atoms with van der Waals surface area (Å²) in [7, 11) is 0. The Morgan fingerprint density at radius 1 is 1.39 bits per heavy atom. The van der Waals surface area contributed by atoms with Crippen LogP contribution in [0.15, 0.2) is 12.1 Å². The minimum absolute atomic E-state index is 0.0598. The zero-order valence-corrected chi connectivity index (χ0v) is 16.3. The molecule has 9 heteroatoms. The van der Waals surface area contributed by atoms with Crippen molar-refractivity contribution in [2.75, 3.05) is 6.61 Å². The third-order valence-corrected chi connectivity index (χ3v) is 4.55. The lowest BCUT2D eigenvalue weighted by Gasteiger charge is -2.21. The summed E-state index contributed by atoms with van der Waals surface area (Å²) in [4.78, 5) is 35.5. The lowest BCUT2D eigenvalue weighted by Crippen LogP contribution is -2.69. The molecule has 0 bridgehead atoms. The van der Waals surface area contributed by atoms with E-state index in [-0.39, 0.29) is 42.4 Å². The molecular weight excluding hydrogens is 366 g/mol. The highest BCUT2D eigenvalue weighted by atomic mass is 16.5. The first-order chi connectivity index (χ1) is 13.1. The highest BCUT2D eigenvalue weighted by Crippen LogP contribution is 2.36. The van der Waals surface area contributed by atoms with Crippen molar-refractivity contribution in [2.45, 2.75) is 51.7 Å². The lowest BCUT2D eigenvalue weighted by atomic mass is 10.0. The van der Waals surface area contributed by atoms with Gasteiger partial charge in [-0.15, -0.1) is 0 Å². The Morgan fingerprint density at radius 2 is 2.07 bits per heavy atom. The van der Waals surface area contributed by atoms with E-state index in [2.05, 4.69) is 16.4 Å². The van der Waals surface area contributed by atoms with Crippen LogP contribution in [-0.4, -0.2) is 41.6 Å². The average Bonchev–Trinajstić information content (AvgIpc) is 2.86. The van der Waals surface area contributed by atoms with Crippen molar-refractivity contribution >= 4 is 17.8 Å². The van der Waals surface area contributed by atoms with E-state index in [4.69, 9.17) is 4.74 Å². The van der Waals surface area contributed by atoms with Crippen LogP contribution in [0.4, 0.5) is 0 Å². The number of rotatable bonds is 9. The van der Waals surface area contributed by atoms with Crippen LogP contribution in [0.1, 0.15) is 55.6 Å². The Labute approximate surface area is 163 Å². The highest BCUT2D eigenvalue weighted by molar-refractivity contribution is 6.02. The molecule has 1 heterocycles. The number of benzene rings is 1. The summed E-state index contributed by atoms with van der Waals surface area (Å²) >= 11 is 0. The molecule has 1 aromatic carbocycles. The number of carbonyl (C=O) groups is 3. The van der Waals surface area contributed by atoms with E-state index < -0.39 is 24.0 Å². The van der Waals surface area contributed by atoms with Gasteiger partial charge in [0.2, 0.25) is 0 Å². The number of quaternary nitrogens is 1. The molecule has 0 saturated carbocycles. The number of hydrogen-bond donors (Lipinski definition) is 4. The third kappa shape index (κ3) is 5.13. The van der Waals surface area contributed by atoms with Gasteiger partial charge in [-0.2, -0.15) is 0 Å². The number of ether oxygens (including phenoxy) is 1. The third-order valence-electron chi connectivity index (χ3n) is 4.55. The first-order valence-electron chi connectivity index (χ1n) is 9.25. The maximum atomic E-state index is 12.1. The molecule has 6 N–H and O–H groups in total. The standard InChI is InChI=1S/C19H27N3O6/c1-9(2)6-13(20)17(24)22-14(19(26)27)4-5-28-15-8-11(23)7-12-10(3)21-18(25)16(12)15/h7-10,13-14,23H,4-6,20H2,1-3H3,(H,21,25)(H,22,24)(H,26,27)/t10-,13+,14-/m1/s1. The molecule has 1 aromatic rings. The fourth-order valence-corrected chi connectivity index (χ4v) is 3.17. The average molecular weight is 393 g/mol. The van der Waals surface area contributed by atoms with Crippen LogP contribution < -0.4 is 26.2 Å². The number of nitrogens with one attached hydrogen (secondary N) is 2. The molecule has 28 heavy (non-hydrogen) atoms. The normalized spacial score (nSPS) is 17.6. The second kappa shape index (κ2) is 8.92. The van der Waals surface area contributed by atoms with Crippen molar-refractivity contribution in [3.05, 3.63) is 23.3 Å². The zero-order chi connectivity index (χ0) is 21.0. The lowest BCUT2D eigenvalue weighted by molar-refractivity contribution is -0.406. The van der Waals surface area contributed by atoms with E-state index in [1.54, 1.807) is 6.92 Å². The number of carboxylic acids is 1. The van der Waals surface area contributed by atoms with Crippen molar-refractivity contribution in [2.24, 2.45) is 5.92 Å². The molecule has 0 saturated heterocycles. The number of amides is 2. The SMILES string of the molecule is CC(C)C[C@H]([NH3+])C(=O)N[C@H](CCOc1cc(O)cc2c1C(=O)N[C@@H]2C)C(=O)[O-]. The van der Waals surface area contributed by atoms with Gasteiger partial charge in [-0.25, -0.2) is 0 Å². The van der Waals surface area contributed by atoms with Crippen molar-refractivity contribution < 1.29 is 35.1 Å². The van der Waals surface area contributed by atoms with Crippen LogP contribution >= 0.6 is 0 Å². The molecule has 9 nitrogen and oxygen atoms in total. The summed E-state index contributed by atoms with van der Waals surface area (Å²) in [5.41, 5.74) is 4.68. The Balaban J connectivity index is 2.01. The number of carbonyl (C=O) groups excluding carboxylic acids is 3. The van der Waals surface area contributed by atoms with Gasteiger partial charge in [-0.1, -0.05) is 13.8 Å². The van der Waals surface area contributed by atoms with E-state index in [1.165, 1.54) is 12.1 Å². The van der Waals surface area contributed by atoms with Gasteiger partial charge in [0.15, 0.2) is 6.04 Å². The Hall–Kier alpha value is -2.81. The van der Waals surface area contributed by atoms with Crippen molar-refractivity contribution in [1.82, 2.24) is 10.6 Å². The van der Waals surface area contributed by atoms with Crippen molar-refractivity contribution in [3.8, 4) is 11.5 Å². The maximum Gasteiger partial charge on any atom is 0.278 e. The smallest absolute Gasteiger partial charge is 0.278 e. The number of fused-ring (bicyclic) bond motifs is 1. The minimum Gasteiger partial charge on any atom is -0.548 e. The van der Waals surface area contributed by atoms with Gasteiger partial charge in [0.25, 0.3) is 11.8 Å². The van der Waals surface area contributed by atoms with Crippen molar-refractivity contribution in [3.63, 3.8) is 0 Å². The van der Waals surface area contributed by atoms with Gasteiger partial charge in [0.05, 0.1) is 30.2 Å². The largest absolute Gasteiger partial charge is 0.548 e. The summed E-state index contributed by atoms with van der Waals surface area (Å²) < 4.78 is 5.56. The van der Waals surface area contributed by atoms with E-state index in [0.717, 1.165) is 0 Å². The van der Waals surface area contributed by atoms with Crippen LogP contribution in [0, 0.1) is 5.92 Å². The molecule has 3 atom stereocenters. The molecule has 1 aliphatic heterocycles. The maximum absolute atomic E-state index is 12.1. The molecule has 2 amide bonds. The molecule has 0 unspecified atom stereocenters. The quantitative estimate of drug-likeness (QED) is 0.415. The van der Waals surface area contributed by atoms with E-state index >= 15 is 0 Å². The molecule has 2 rings (SSSR count). The Morgan fingerprint density at radius 3 is 2.68 bits per heavy atom. The summed E-state index contributed by atoms with van der Waals surface area (Å²) in [5, 5.41) is 26.3. The first kappa shape index (κ1) is 21.5. The number of carboxylic acid groups (broad SMARTS) is 1. The first-order valence-corrected chi connectivity index (χ1v) is 9.25. The topological polar surface area (TPSA) is 155 Å². The van der Waals surface area contributed by atoms with Gasteiger partial charge in [0.1, 0.15) is 11.5 Å². The van der Waals surface area contributed by atoms with Crippen LogP contribution in [0.2, 0.25) is 0 Å². The molecular formula is C19H27N3O6. The van der Waals surface area contributed by atoms with Gasteiger partial charge in [-0.05, 0) is 24.5 Å². The van der Waals surface area contributed by atoms with Crippen LogP contribution in [-0.2, 0) is 9.59 Å². The van der Waals surface area contributed by atoms with Gasteiger partial charge in [-0.3, -0.25) is 9.59 Å². The number of phenolic OH excluding ortho intramolecular Hbond substituents is 1. The second-order valence-electron chi connectivity index (χ2n) is 7.45. The molecule has 0 aromatic heterocycles. The monoisotopic (exact) mass is 393 g/mol. The fourth-order valence-electron chi connectivity index (χ4n) is 3.17. The molecule has 1 aliphatic rings. The molecule has 0 spiro atoms. The van der Waals surface area contributed by atoms with Gasteiger partial charge in [0, 0.05) is 18.9 Å². The van der Waals surface area contributed by atoms with Crippen LogP contribution in [0.5, 0.6) is 11.5 Å². The van der Waals surface area contributed by atoms with Gasteiger partial charge < -0.3 is 36.1 Å². The van der Waals surface area contributed by atoms with E-state index in [1.807, 2.05) is 13.8 Å².